The number of anilines is 2. The Morgan fingerprint density at radius 2 is 1.82 bits per heavy atom. The van der Waals surface area contributed by atoms with Crippen LogP contribution in [-0.4, -0.2) is 23.8 Å². The third kappa shape index (κ3) is 1.38. The molecular formula is C17H15N3O2. The maximum atomic E-state index is 12.8. The molecule has 4 rings (SSSR count). The normalized spacial score (nSPS) is 22.2. The summed E-state index contributed by atoms with van der Waals surface area (Å²) in [5.41, 5.74) is 2.60. The topological polar surface area (TPSA) is 61.4 Å². The third-order valence-corrected chi connectivity index (χ3v) is 4.51. The summed E-state index contributed by atoms with van der Waals surface area (Å²) in [6.07, 6.45) is 0. The number of nitrogens with zero attached hydrogens (tertiary/aromatic N) is 1. The number of rotatable bonds is 0. The van der Waals surface area contributed by atoms with Crippen molar-refractivity contribution < 1.29 is 9.59 Å². The monoisotopic (exact) mass is 293 g/mol. The van der Waals surface area contributed by atoms with E-state index in [9.17, 15) is 9.59 Å². The minimum absolute atomic E-state index is 0.168. The molecule has 0 bridgehead atoms. The molecule has 5 nitrogen and oxygen atoms in total. The molecule has 2 aliphatic rings. The largest absolute Gasteiger partial charge is 0.350 e. The van der Waals surface area contributed by atoms with Crippen LogP contribution in [0.3, 0.4) is 0 Å². The first-order valence-electron chi connectivity index (χ1n) is 7.12. The number of benzene rings is 2. The fourth-order valence-electron chi connectivity index (χ4n) is 3.31. The molecule has 0 fully saturated rings. The van der Waals surface area contributed by atoms with Crippen LogP contribution in [0, 0.1) is 6.92 Å². The summed E-state index contributed by atoms with van der Waals surface area (Å²) in [7, 11) is 1.66. The molecule has 1 spiro atoms. The molecule has 1 atom stereocenters. The average molecular weight is 293 g/mol. The van der Waals surface area contributed by atoms with Crippen molar-refractivity contribution in [2.75, 3.05) is 17.7 Å². The zero-order valence-electron chi connectivity index (χ0n) is 12.3. The Labute approximate surface area is 127 Å². The SMILES string of the molecule is Cc1cccc2c1NC(=O)C21Nc2ccccc2C(=O)N1C. The molecule has 2 aromatic carbocycles. The van der Waals surface area contributed by atoms with E-state index in [-0.39, 0.29) is 11.8 Å². The Hall–Kier alpha value is -2.82. The van der Waals surface area contributed by atoms with Crippen LogP contribution >= 0.6 is 0 Å². The van der Waals surface area contributed by atoms with E-state index < -0.39 is 5.66 Å². The fourth-order valence-corrected chi connectivity index (χ4v) is 3.31. The van der Waals surface area contributed by atoms with Gasteiger partial charge < -0.3 is 15.5 Å². The van der Waals surface area contributed by atoms with E-state index >= 15 is 0 Å². The third-order valence-electron chi connectivity index (χ3n) is 4.51. The molecule has 0 saturated heterocycles. The predicted octanol–water partition coefficient (Wildman–Crippen LogP) is 2.30. The number of likely N-dealkylation sites (N-methyl/N-ethyl adjacent to an activating group) is 1. The van der Waals surface area contributed by atoms with Gasteiger partial charge in [0.15, 0.2) is 0 Å². The molecule has 0 aromatic heterocycles. The van der Waals surface area contributed by atoms with Gasteiger partial charge in [0.05, 0.1) is 11.3 Å². The van der Waals surface area contributed by atoms with Crippen LogP contribution in [-0.2, 0) is 10.5 Å². The molecule has 1 unspecified atom stereocenters. The van der Waals surface area contributed by atoms with Crippen molar-refractivity contribution in [3.8, 4) is 0 Å². The van der Waals surface area contributed by atoms with E-state index in [1.807, 2.05) is 43.3 Å². The van der Waals surface area contributed by atoms with E-state index in [2.05, 4.69) is 10.6 Å². The number of hydrogen-bond donors (Lipinski definition) is 2. The molecule has 2 amide bonds. The van der Waals surface area contributed by atoms with Crippen LogP contribution in [0.4, 0.5) is 11.4 Å². The van der Waals surface area contributed by atoms with Gasteiger partial charge in [0, 0.05) is 18.3 Å². The molecule has 2 aliphatic heterocycles. The van der Waals surface area contributed by atoms with Gasteiger partial charge in [-0.25, -0.2) is 0 Å². The molecule has 2 aromatic rings. The molecule has 0 aliphatic carbocycles. The van der Waals surface area contributed by atoms with E-state index in [1.54, 1.807) is 13.1 Å². The van der Waals surface area contributed by atoms with E-state index in [0.717, 1.165) is 16.8 Å². The summed E-state index contributed by atoms with van der Waals surface area (Å²) < 4.78 is 0. The number of para-hydroxylation sites is 2. The number of aryl methyl sites for hydroxylation is 1. The summed E-state index contributed by atoms with van der Waals surface area (Å²) in [4.78, 5) is 27.0. The summed E-state index contributed by atoms with van der Waals surface area (Å²) in [6, 6.07) is 13.0. The van der Waals surface area contributed by atoms with Crippen LogP contribution in [0.15, 0.2) is 42.5 Å². The second kappa shape index (κ2) is 4.10. The molecule has 0 saturated carbocycles. The Kier molecular flexibility index (Phi) is 2.40. The van der Waals surface area contributed by atoms with Gasteiger partial charge in [0.25, 0.3) is 11.8 Å². The van der Waals surface area contributed by atoms with Crippen molar-refractivity contribution in [2.24, 2.45) is 0 Å². The van der Waals surface area contributed by atoms with Crippen LogP contribution in [0.25, 0.3) is 0 Å². The molecule has 2 heterocycles. The van der Waals surface area contributed by atoms with E-state index in [1.165, 1.54) is 4.90 Å². The Balaban J connectivity index is 1.99. The summed E-state index contributed by atoms with van der Waals surface area (Å²) in [6.45, 7) is 1.94. The van der Waals surface area contributed by atoms with E-state index in [4.69, 9.17) is 0 Å². The minimum atomic E-state index is -1.19. The van der Waals surface area contributed by atoms with Gasteiger partial charge >= 0.3 is 0 Å². The molecule has 22 heavy (non-hydrogen) atoms. The highest BCUT2D eigenvalue weighted by Crippen LogP contribution is 2.45. The van der Waals surface area contributed by atoms with Gasteiger partial charge in [-0.1, -0.05) is 30.3 Å². The lowest BCUT2D eigenvalue weighted by Gasteiger charge is -2.42. The highest BCUT2D eigenvalue weighted by Gasteiger charge is 2.55. The standard InChI is InChI=1S/C17H15N3O2/c1-10-6-5-8-12-14(10)18-16(22)17(12)19-13-9-4-3-7-11(13)15(21)20(17)2/h3-9,19H,1-2H3,(H,18,22). The molecular weight excluding hydrogens is 278 g/mol. The van der Waals surface area contributed by atoms with Crippen molar-refractivity contribution in [3.05, 3.63) is 59.2 Å². The number of carbonyl (C=O) groups is 2. The maximum absolute atomic E-state index is 12.8. The molecule has 110 valence electrons. The quantitative estimate of drug-likeness (QED) is 0.783. The first-order chi connectivity index (χ1) is 10.6. The Morgan fingerprint density at radius 3 is 2.64 bits per heavy atom. The number of hydrogen-bond acceptors (Lipinski definition) is 3. The first-order valence-corrected chi connectivity index (χ1v) is 7.12. The van der Waals surface area contributed by atoms with Gasteiger partial charge in [-0.2, -0.15) is 0 Å². The van der Waals surface area contributed by atoms with Crippen LogP contribution in [0.2, 0.25) is 0 Å². The number of carbonyl (C=O) groups excluding carboxylic acids is 2. The second-order valence-electron chi connectivity index (χ2n) is 5.70. The Bertz CT molecular complexity index is 830. The van der Waals surface area contributed by atoms with E-state index in [0.29, 0.717) is 11.3 Å². The van der Waals surface area contributed by atoms with Gasteiger partial charge in [-0.3, -0.25) is 9.59 Å². The van der Waals surface area contributed by atoms with Crippen molar-refractivity contribution in [1.82, 2.24) is 4.90 Å². The number of nitrogens with one attached hydrogen (secondary N) is 2. The molecule has 0 radical (unpaired) electrons. The van der Waals surface area contributed by atoms with Crippen LogP contribution in [0.1, 0.15) is 21.5 Å². The zero-order valence-corrected chi connectivity index (χ0v) is 12.3. The Morgan fingerprint density at radius 1 is 1.05 bits per heavy atom. The molecule has 5 heteroatoms. The molecule has 2 N–H and O–H groups in total. The fraction of sp³-hybridized carbons (Fsp3) is 0.176. The lowest BCUT2D eigenvalue weighted by Crippen LogP contribution is -2.59. The van der Waals surface area contributed by atoms with Gasteiger partial charge in [0.2, 0.25) is 5.66 Å². The lowest BCUT2D eigenvalue weighted by atomic mass is 9.93. The van der Waals surface area contributed by atoms with Crippen molar-refractivity contribution in [2.45, 2.75) is 12.6 Å². The highest BCUT2D eigenvalue weighted by atomic mass is 16.2. The van der Waals surface area contributed by atoms with Gasteiger partial charge in [0.1, 0.15) is 0 Å². The maximum Gasteiger partial charge on any atom is 0.276 e. The van der Waals surface area contributed by atoms with Crippen LogP contribution in [0.5, 0.6) is 0 Å². The summed E-state index contributed by atoms with van der Waals surface area (Å²) in [5, 5.41) is 6.19. The average Bonchev–Trinajstić information content (AvgIpc) is 2.80. The number of amides is 2. The minimum Gasteiger partial charge on any atom is -0.350 e. The van der Waals surface area contributed by atoms with Crippen molar-refractivity contribution >= 4 is 23.2 Å². The predicted molar refractivity (Wildman–Crippen MR) is 83.6 cm³/mol. The van der Waals surface area contributed by atoms with Gasteiger partial charge in [-0.05, 0) is 24.6 Å². The van der Waals surface area contributed by atoms with Gasteiger partial charge in [-0.15, -0.1) is 0 Å². The van der Waals surface area contributed by atoms with Crippen LogP contribution < -0.4 is 10.6 Å². The van der Waals surface area contributed by atoms with Crippen molar-refractivity contribution in [1.29, 1.82) is 0 Å². The second-order valence-corrected chi connectivity index (χ2v) is 5.70. The lowest BCUT2D eigenvalue weighted by molar-refractivity contribution is -0.124. The summed E-state index contributed by atoms with van der Waals surface area (Å²) >= 11 is 0. The number of fused-ring (bicyclic) bond motifs is 3. The smallest absolute Gasteiger partial charge is 0.276 e. The van der Waals surface area contributed by atoms with Crippen molar-refractivity contribution in [3.63, 3.8) is 0 Å². The summed E-state index contributed by atoms with van der Waals surface area (Å²) in [5.74, 6) is -0.402. The zero-order chi connectivity index (χ0) is 15.5. The first kappa shape index (κ1) is 12.9. The highest BCUT2D eigenvalue weighted by molar-refractivity contribution is 6.14.